The third-order valence-electron chi connectivity index (χ3n) is 6.40. The molecule has 10 nitrogen and oxygen atoms in total. The molecule has 3 aliphatic heterocycles. The Hall–Kier alpha value is -2.79. The van der Waals surface area contributed by atoms with Crippen LogP contribution >= 0.6 is 23.2 Å². The highest BCUT2D eigenvalue weighted by Gasteiger charge is 2.39. The van der Waals surface area contributed by atoms with Gasteiger partial charge in [-0.1, -0.05) is 35.3 Å². The zero-order valence-corrected chi connectivity index (χ0v) is 21.6. The minimum Gasteiger partial charge on any atom is -0.437 e. The standard InChI is InChI=1S/C24H27Cl2N5O5/c1-14-20(36-24(32)33-2)17(15-4-3-5-16(25)19(15)26)18-21(27-14)28-23(31-8-12-35-13-9-31)29-22(18)30-6-10-34-11-7-30/h3-5,17H,6-13H2,1-2H3,(H,27,28,29). The highest BCUT2D eigenvalue weighted by Crippen LogP contribution is 2.48. The van der Waals surface area contributed by atoms with E-state index in [-0.39, 0.29) is 0 Å². The van der Waals surface area contributed by atoms with E-state index < -0.39 is 12.1 Å². The van der Waals surface area contributed by atoms with Crippen molar-refractivity contribution < 1.29 is 23.7 Å². The zero-order valence-electron chi connectivity index (χ0n) is 20.1. The molecule has 4 heterocycles. The normalized spacial score (nSPS) is 20.1. The third-order valence-corrected chi connectivity index (χ3v) is 7.23. The van der Waals surface area contributed by atoms with E-state index in [0.717, 1.165) is 11.4 Å². The van der Waals surface area contributed by atoms with Crippen molar-refractivity contribution in [3.63, 3.8) is 0 Å². The highest BCUT2D eigenvalue weighted by atomic mass is 35.5. The zero-order chi connectivity index (χ0) is 25.2. The first-order valence-corrected chi connectivity index (χ1v) is 12.5. The molecule has 1 unspecified atom stereocenters. The molecule has 5 rings (SSSR count). The number of morpholine rings is 2. The van der Waals surface area contributed by atoms with Gasteiger partial charge in [-0.05, 0) is 18.6 Å². The molecule has 1 aromatic heterocycles. The van der Waals surface area contributed by atoms with E-state index in [4.69, 9.17) is 52.1 Å². The maximum absolute atomic E-state index is 12.3. The molecule has 0 aliphatic carbocycles. The van der Waals surface area contributed by atoms with Crippen molar-refractivity contribution in [1.82, 2.24) is 9.97 Å². The van der Waals surface area contributed by atoms with Gasteiger partial charge in [0.05, 0.1) is 60.8 Å². The number of aromatic nitrogens is 2. The van der Waals surface area contributed by atoms with E-state index in [0.29, 0.717) is 91.4 Å². The number of hydrogen-bond acceptors (Lipinski definition) is 10. The second-order valence-corrected chi connectivity index (χ2v) is 9.34. The lowest BCUT2D eigenvalue weighted by Gasteiger charge is -2.37. The lowest BCUT2D eigenvalue weighted by Crippen LogP contribution is -2.41. The van der Waals surface area contributed by atoms with Crippen molar-refractivity contribution in [3.05, 3.63) is 50.8 Å². The van der Waals surface area contributed by atoms with Crippen LogP contribution < -0.4 is 15.1 Å². The average molecular weight is 536 g/mol. The van der Waals surface area contributed by atoms with Crippen LogP contribution in [0.2, 0.25) is 10.0 Å². The number of methoxy groups -OCH3 is 1. The fourth-order valence-corrected chi connectivity index (χ4v) is 5.04. The van der Waals surface area contributed by atoms with Crippen LogP contribution in [-0.2, 0) is 18.9 Å². The summed E-state index contributed by atoms with van der Waals surface area (Å²) in [6.45, 7) is 6.86. The van der Waals surface area contributed by atoms with Crippen LogP contribution in [0.25, 0.3) is 0 Å². The second-order valence-electron chi connectivity index (χ2n) is 8.55. The Morgan fingerprint density at radius 2 is 1.72 bits per heavy atom. The van der Waals surface area contributed by atoms with Crippen LogP contribution in [0.1, 0.15) is 24.0 Å². The van der Waals surface area contributed by atoms with Crippen LogP contribution in [0.4, 0.5) is 22.4 Å². The number of ether oxygens (including phenoxy) is 4. The van der Waals surface area contributed by atoms with Crippen molar-refractivity contribution in [2.75, 3.05) is 74.8 Å². The summed E-state index contributed by atoms with van der Waals surface area (Å²) < 4.78 is 21.6. The first-order valence-electron chi connectivity index (χ1n) is 11.7. The molecule has 36 heavy (non-hydrogen) atoms. The molecule has 12 heteroatoms. The van der Waals surface area contributed by atoms with E-state index in [1.165, 1.54) is 7.11 Å². The van der Waals surface area contributed by atoms with Crippen LogP contribution in [0.5, 0.6) is 0 Å². The van der Waals surface area contributed by atoms with Gasteiger partial charge in [-0.15, -0.1) is 0 Å². The van der Waals surface area contributed by atoms with Crippen LogP contribution in [-0.4, -0.2) is 75.8 Å². The van der Waals surface area contributed by atoms with Gasteiger partial charge in [-0.2, -0.15) is 9.97 Å². The highest BCUT2D eigenvalue weighted by molar-refractivity contribution is 6.42. The number of carbonyl (C=O) groups is 1. The summed E-state index contributed by atoms with van der Waals surface area (Å²) in [4.78, 5) is 26.5. The summed E-state index contributed by atoms with van der Waals surface area (Å²) in [5.41, 5.74) is 2.01. The molecule has 2 saturated heterocycles. The number of nitrogens with zero attached hydrogens (tertiary/aromatic N) is 4. The fraction of sp³-hybridized carbons (Fsp3) is 0.458. The minimum atomic E-state index is -0.837. The van der Waals surface area contributed by atoms with Crippen LogP contribution in [0, 0.1) is 0 Å². The molecule has 1 atom stereocenters. The molecule has 3 aliphatic rings. The number of carbonyl (C=O) groups excluding carboxylic acids is 1. The van der Waals surface area contributed by atoms with Gasteiger partial charge in [-0.3, -0.25) is 0 Å². The summed E-state index contributed by atoms with van der Waals surface area (Å²) >= 11 is 13.1. The van der Waals surface area contributed by atoms with Crippen molar-refractivity contribution in [3.8, 4) is 0 Å². The summed E-state index contributed by atoms with van der Waals surface area (Å²) in [7, 11) is 1.26. The number of benzene rings is 1. The van der Waals surface area contributed by atoms with Gasteiger partial charge in [0.15, 0.2) is 0 Å². The second kappa shape index (κ2) is 10.7. The predicted octanol–water partition coefficient (Wildman–Crippen LogP) is 4.03. The maximum atomic E-state index is 12.3. The number of anilines is 3. The van der Waals surface area contributed by atoms with Crippen molar-refractivity contribution >= 4 is 46.9 Å². The summed E-state index contributed by atoms with van der Waals surface area (Å²) in [6, 6.07) is 5.39. The quantitative estimate of drug-likeness (QED) is 0.577. The molecule has 0 amide bonds. The molecule has 2 fully saturated rings. The Bertz CT molecular complexity index is 1180. The lowest BCUT2D eigenvalue weighted by atomic mass is 9.86. The molecular weight excluding hydrogens is 509 g/mol. The molecule has 2 aromatic rings. The maximum Gasteiger partial charge on any atom is 0.513 e. The summed E-state index contributed by atoms with van der Waals surface area (Å²) in [6.07, 6.45) is -0.837. The Morgan fingerprint density at radius 3 is 2.39 bits per heavy atom. The molecule has 0 radical (unpaired) electrons. The first-order chi connectivity index (χ1) is 17.5. The van der Waals surface area contributed by atoms with Crippen molar-refractivity contribution in [2.45, 2.75) is 12.8 Å². The Balaban J connectivity index is 1.72. The topological polar surface area (TPSA) is 98.3 Å². The predicted molar refractivity (Wildman–Crippen MR) is 136 cm³/mol. The van der Waals surface area contributed by atoms with Crippen LogP contribution in [0.15, 0.2) is 29.7 Å². The molecule has 0 saturated carbocycles. The van der Waals surface area contributed by atoms with E-state index in [1.54, 1.807) is 6.07 Å². The van der Waals surface area contributed by atoms with Gasteiger partial charge in [-0.25, -0.2) is 4.79 Å². The number of allylic oxidation sites excluding steroid dienone is 2. The van der Waals surface area contributed by atoms with Crippen LogP contribution in [0.3, 0.4) is 0 Å². The molecule has 1 N–H and O–H groups in total. The number of hydrogen-bond donors (Lipinski definition) is 1. The molecule has 0 spiro atoms. The summed E-state index contributed by atoms with van der Waals surface area (Å²) in [5.74, 6) is 1.67. The first kappa shape index (κ1) is 24.9. The van der Waals surface area contributed by atoms with Gasteiger partial charge in [0.2, 0.25) is 5.95 Å². The Morgan fingerprint density at radius 1 is 1.06 bits per heavy atom. The largest absolute Gasteiger partial charge is 0.513 e. The number of fused-ring (bicyclic) bond motifs is 1. The van der Waals surface area contributed by atoms with Gasteiger partial charge in [0.25, 0.3) is 0 Å². The van der Waals surface area contributed by atoms with Crippen molar-refractivity contribution in [2.24, 2.45) is 0 Å². The van der Waals surface area contributed by atoms with Gasteiger partial charge in [0.1, 0.15) is 17.4 Å². The summed E-state index contributed by atoms with van der Waals surface area (Å²) in [5, 5.41) is 4.09. The van der Waals surface area contributed by atoms with Crippen molar-refractivity contribution in [1.29, 1.82) is 0 Å². The van der Waals surface area contributed by atoms with E-state index in [2.05, 4.69) is 15.1 Å². The average Bonchev–Trinajstić information content (AvgIpc) is 2.91. The smallest absolute Gasteiger partial charge is 0.437 e. The number of rotatable bonds is 4. The van der Waals surface area contributed by atoms with E-state index >= 15 is 0 Å². The van der Waals surface area contributed by atoms with Gasteiger partial charge < -0.3 is 34.1 Å². The monoisotopic (exact) mass is 535 g/mol. The Kier molecular flexibility index (Phi) is 7.38. The SMILES string of the molecule is COC(=O)OC1=C(C)Nc2nc(N3CCOCC3)nc(N3CCOCC3)c2C1c1cccc(Cl)c1Cl. The minimum absolute atomic E-state index is 0.343. The van der Waals surface area contributed by atoms with E-state index in [9.17, 15) is 4.79 Å². The lowest BCUT2D eigenvalue weighted by molar-refractivity contribution is 0.0929. The number of nitrogens with one attached hydrogen (secondary N) is 1. The fourth-order valence-electron chi connectivity index (χ4n) is 4.62. The van der Waals surface area contributed by atoms with Gasteiger partial charge in [0, 0.05) is 26.2 Å². The Labute approximate surface area is 219 Å². The molecule has 0 bridgehead atoms. The number of halogens is 2. The van der Waals surface area contributed by atoms with Gasteiger partial charge >= 0.3 is 6.16 Å². The third kappa shape index (κ3) is 4.78. The van der Waals surface area contributed by atoms with E-state index in [1.807, 2.05) is 19.1 Å². The molecule has 192 valence electrons. The molecule has 1 aromatic carbocycles. The molecular formula is C24H27Cl2N5O5.